The number of nitrogens with zero attached hydrogens (tertiary/aromatic N) is 9. The Hall–Kier alpha value is -3.71. The van der Waals surface area contributed by atoms with Gasteiger partial charge in [-0.3, -0.25) is 0 Å². The van der Waals surface area contributed by atoms with E-state index in [0.717, 1.165) is 16.9 Å². The molecule has 1 saturated heterocycles. The highest BCUT2D eigenvalue weighted by molar-refractivity contribution is 7.89. The molecular weight excluding hydrogens is 446 g/mol. The summed E-state index contributed by atoms with van der Waals surface area (Å²) in [6.07, 6.45) is 4.09. The van der Waals surface area contributed by atoms with Crippen LogP contribution < -0.4 is 4.74 Å². The van der Waals surface area contributed by atoms with Gasteiger partial charge in [0.05, 0.1) is 16.3 Å². The van der Waals surface area contributed by atoms with Gasteiger partial charge in [0.2, 0.25) is 10.0 Å². The predicted octanol–water partition coefficient (Wildman–Crippen LogP) is 1.18. The van der Waals surface area contributed by atoms with Gasteiger partial charge < -0.3 is 4.74 Å². The molecule has 0 unspecified atom stereocenters. The summed E-state index contributed by atoms with van der Waals surface area (Å²) in [6, 6.07) is 12.4. The second-order valence-corrected chi connectivity index (χ2v) is 9.61. The third-order valence-electron chi connectivity index (χ3n) is 5.54. The van der Waals surface area contributed by atoms with Crippen molar-refractivity contribution in [3.05, 3.63) is 60.7 Å². The number of ether oxygens (including phenoxy) is 1. The number of aryl methyl sites for hydroxylation is 1. The van der Waals surface area contributed by atoms with Crippen LogP contribution in [0.15, 0.2) is 60.0 Å². The molecule has 1 aliphatic heterocycles. The van der Waals surface area contributed by atoms with Gasteiger partial charge in [0.15, 0.2) is 0 Å². The van der Waals surface area contributed by atoms with Crippen molar-refractivity contribution < 1.29 is 13.2 Å². The minimum Gasteiger partial charge on any atom is -0.490 e. The third-order valence-corrected chi connectivity index (χ3v) is 7.43. The standard InChI is InChI=1S/C20H21N9O3S/c1-15-11-19(5-6-20(15)29-14-22-24-26-29)33(30,31)27-9-7-17(8-10-27)32-18-4-2-3-16(12-18)28-13-21-23-25-28/h2-6,11-14,17H,7-10H2,1H3. The fourth-order valence-electron chi connectivity index (χ4n) is 3.83. The Kier molecular flexibility index (Phi) is 5.56. The molecule has 3 heterocycles. The fraction of sp³-hybridized carbons (Fsp3) is 0.300. The lowest BCUT2D eigenvalue weighted by atomic mass is 10.1. The molecule has 0 aliphatic carbocycles. The van der Waals surface area contributed by atoms with Crippen molar-refractivity contribution in [3.63, 3.8) is 0 Å². The number of aromatic nitrogens is 8. The molecule has 0 bridgehead atoms. The Labute approximate surface area is 189 Å². The van der Waals surface area contributed by atoms with Crippen LogP contribution in [0.4, 0.5) is 0 Å². The van der Waals surface area contributed by atoms with Crippen molar-refractivity contribution in [2.45, 2.75) is 30.8 Å². The summed E-state index contributed by atoms with van der Waals surface area (Å²) in [4.78, 5) is 0.255. The number of rotatable bonds is 6. The van der Waals surface area contributed by atoms with Crippen molar-refractivity contribution in [1.82, 2.24) is 44.7 Å². The van der Waals surface area contributed by atoms with Crippen molar-refractivity contribution in [2.24, 2.45) is 0 Å². The van der Waals surface area contributed by atoms with E-state index < -0.39 is 10.0 Å². The Morgan fingerprint density at radius 3 is 2.33 bits per heavy atom. The van der Waals surface area contributed by atoms with Gasteiger partial charge >= 0.3 is 0 Å². The highest BCUT2D eigenvalue weighted by Gasteiger charge is 2.30. The number of tetrazole rings is 2. The lowest BCUT2D eigenvalue weighted by Crippen LogP contribution is -2.41. The second-order valence-electron chi connectivity index (χ2n) is 7.68. The fourth-order valence-corrected chi connectivity index (χ4v) is 5.38. The maximum atomic E-state index is 13.2. The number of piperidine rings is 1. The first-order valence-corrected chi connectivity index (χ1v) is 11.8. The number of hydrogen-bond acceptors (Lipinski definition) is 9. The van der Waals surface area contributed by atoms with E-state index in [9.17, 15) is 8.42 Å². The predicted molar refractivity (Wildman–Crippen MR) is 115 cm³/mol. The molecule has 0 radical (unpaired) electrons. The quantitative estimate of drug-likeness (QED) is 0.410. The van der Waals surface area contributed by atoms with Crippen LogP contribution in [0, 0.1) is 6.92 Å². The van der Waals surface area contributed by atoms with Crippen molar-refractivity contribution in [2.75, 3.05) is 13.1 Å². The smallest absolute Gasteiger partial charge is 0.243 e. The summed E-state index contributed by atoms with van der Waals surface area (Å²) in [5, 5.41) is 22.3. The molecule has 5 rings (SSSR count). The molecule has 0 spiro atoms. The molecule has 4 aromatic rings. The van der Waals surface area contributed by atoms with E-state index in [1.54, 1.807) is 22.9 Å². The highest BCUT2D eigenvalue weighted by atomic mass is 32.2. The zero-order chi connectivity index (χ0) is 22.8. The van der Waals surface area contributed by atoms with Crippen LogP contribution >= 0.6 is 0 Å². The van der Waals surface area contributed by atoms with Gasteiger partial charge in [0, 0.05) is 19.2 Å². The van der Waals surface area contributed by atoms with Crippen LogP contribution in [-0.2, 0) is 10.0 Å². The second kappa shape index (κ2) is 8.67. The highest BCUT2D eigenvalue weighted by Crippen LogP contribution is 2.26. The number of benzene rings is 2. The van der Waals surface area contributed by atoms with E-state index in [-0.39, 0.29) is 11.0 Å². The van der Waals surface area contributed by atoms with Crippen molar-refractivity contribution in [1.29, 1.82) is 0 Å². The molecule has 170 valence electrons. The molecule has 0 saturated carbocycles. The third kappa shape index (κ3) is 4.32. The molecule has 33 heavy (non-hydrogen) atoms. The van der Waals surface area contributed by atoms with Gasteiger partial charge in [-0.1, -0.05) is 6.07 Å². The molecule has 12 nitrogen and oxygen atoms in total. The average molecular weight is 468 g/mol. The molecule has 13 heteroatoms. The van der Waals surface area contributed by atoms with Crippen LogP contribution in [0.5, 0.6) is 5.75 Å². The van der Waals surface area contributed by atoms with Gasteiger partial charge in [-0.15, -0.1) is 10.2 Å². The Bertz CT molecular complexity index is 1330. The Morgan fingerprint density at radius 2 is 1.67 bits per heavy atom. The molecule has 2 aromatic carbocycles. The van der Waals surface area contributed by atoms with E-state index >= 15 is 0 Å². The normalized spacial score (nSPS) is 15.5. The van der Waals surface area contributed by atoms with E-state index in [1.165, 1.54) is 21.6 Å². The zero-order valence-electron chi connectivity index (χ0n) is 17.8. The Balaban J connectivity index is 1.24. The summed E-state index contributed by atoms with van der Waals surface area (Å²) < 4.78 is 37.1. The van der Waals surface area contributed by atoms with E-state index in [0.29, 0.717) is 31.7 Å². The van der Waals surface area contributed by atoms with Gasteiger partial charge in [-0.05, 0) is 76.5 Å². The first kappa shape index (κ1) is 21.2. The SMILES string of the molecule is Cc1cc(S(=O)(=O)N2CCC(Oc3cccc(-n4cnnn4)c3)CC2)ccc1-n1cnnn1. The molecule has 0 N–H and O–H groups in total. The monoisotopic (exact) mass is 467 g/mol. The molecular formula is C20H21N9O3S. The van der Waals surface area contributed by atoms with Crippen LogP contribution in [0.3, 0.4) is 0 Å². The number of hydrogen-bond donors (Lipinski definition) is 0. The number of sulfonamides is 1. The summed E-state index contributed by atoms with van der Waals surface area (Å²) in [7, 11) is -3.61. The summed E-state index contributed by atoms with van der Waals surface area (Å²) in [5.74, 6) is 0.693. The lowest BCUT2D eigenvalue weighted by molar-refractivity contribution is 0.135. The average Bonchev–Trinajstić information content (AvgIpc) is 3.54. The summed E-state index contributed by atoms with van der Waals surface area (Å²) in [6.45, 7) is 2.60. The van der Waals surface area contributed by atoms with Gasteiger partial charge in [0.25, 0.3) is 0 Å². The van der Waals surface area contributed by atoms with E-state index in [2.05, 4.69) is 31.1 Å². The molecule has 0 amide bonds. The van der Waals surface area contributed by atoms with Crippen LogP contribution in [0.2, 0.25) is 0 Å². The maximum Gasteiger partial charge on any atom is 0.243 e. The molecule has 0 atom stereocenters. The Morgan fingerprint density at radius 1 is 0.939 bits per heavy atom. The minimum atomic E-state index is -3.61. The first-order chi connectivity index (χ1) is 16.0. The van der Waals surface area contributed by atoms with E-state index in [1.807, 2.05) is 31.2 Å². The first-order valence-electron chi connectivity index (χ1n) is 10.3. The summed E-state index contributed by atoms with van der Waals surface area (Å²) in [5.41, 5.74) is 2.29. The van der Waals surface area contributed by atoms with Gasteiger partial charge in [-0.25, -0.2) is 17.8 Å². The van der Waals surface area contributed by atoms with Gasteiger partial charge in [0.1, 0.15) is 24.5 Å². The van der Waals surface area contributed by atoms with Crippen molar-refractivity contribution in [3.8, 4) is 17.1 Å². The van der Waals surface area contributed by atoms with Crippen LogP contribution in [0.1, 0.15) is 18.4 Å². The van der Waals surface area contributed by atoms with E-state index in [4.69, 9.17) is 4.74 Å². The lowest BCUT2D eigenvalue weighted by Gasteiger charge is -2.31. The maximum absolute atomic E-state index is 13.2. The zero-order valence-corrected chi connectivity index (χ0v) is 18.6. The topological polar surface area (TPSA) is 134 Å². The largest absolute Gasteiger partial charge is 0.490 e. The van der Waals surface area contributed by atoms with Gasteiger partial charge in [-0.2, -0.15) is 4.31 Å². The minimum absolute atomic E-state index is 0.0792. The molecule has 1 aliphatic rings. The molecule has 2 aromatic heterocycles. The van der Waals surface area contributed by atoms with Crippen molar-refractivity contribution >= 4 is 10.0 Å². The summed E-state index contributed by atoms with van der Waals surface area (Å²) >= 11 is 0. The van der Waals surface area contributed by atoms with Crippen LogP contribution in [0.25, 0.3) is 11.4 Å². The van der Waals surface area contributed by atoms with Crippen LogP contribution in [-0.4, -0.2) is 72.3 Å². The molecule has 1 fully saturated rings.